The molecule has 39 heavy (non-hydrogen) atoms. The summed E-state index contributed by atoms with van der Waals surface area (Å²) in [6.45, 7) is 3.88. The van der Waals surface area contributed by atoms with E-state index in [-0.39, 0.29) is 23.7 Å². The minimum atomic E-state index is -3.94. The molecule has 0 bridgehead atoms. The predicted octanol–water partition coefficient (Wildman–Crippen LogP) is 3.56. The van der Waals surface area contributed by atoms with Gasteiger partial charge in [-0.25, -0.2) is 13.2 Å². The number of urea groups is 1. The number of amides is 3. The fraction of sp³-hybridized carbons (Fsp3) is 0.241. The van der Waals surface area contributed by atoms with E-state index in [1.807, 2.05) is 60.7 Å². The van der Waals surface area contributed by atoms with Crippen LogP contribution in [-0.4, -0.2) is 54.9 Å². The fourth-order valence-electron chi connectivity index (χ4n) is 4.43. The number of rotatable bonds is 10. The van der Waals surface area contributed by atoms with Gasteiger partial charge >= 0.3 is 6.03 Å². The Bertz CT molecular complexity index is 1400. The SMILES string of the molecule is C=C(O)[C@H](CNC(=O)NCc1ccccc1)NC(=O)[C@@H]1CCCN1S(=O)(=O)c1ccc(-c2ccccc2)cc1. The van der Waals surface area contributed by atoms with Crippen LogP contribution in [0.2, 0.25) is 0 Å². The van der Waals surface area contributed by atoms with Gasteiger partial charge in [-0.15, -0.1) is 0 Å². The van der Waals surface area contributed by atoms with Crippen LogP contribution in [0.5, 0.6) is 0 Å². The van der Waals surface area contributed by atoms with E-state index in [1.54, 1.807) is 24.3 Å². The van der Waals surface area contributed by atoms with Gasteiger partial charge in [-0.05, 0) is 41.7 Å². The van der Waals surface area contributed by atoms with E-state index in [9.17, 15) is 23.1 Å². The molecule has 0 aromatic heterocycles. The second-order valence-corrected chi connectivity index (χ2v) is 11.2. The molecule has 1 aliphatic rings. The minimum absolute atomic E-state index is 0.0988. The van der Waals surface area contributed by atoms with Crippen LogP contribution in [0, 0.1) is 0 Å². The molecule has 1 aliphatic heterocycles. The van der Waals surface area contributed by atoms with E-state index in [0.717, 1.165) is 16.7 Å². The predicted molar refractivity (Wildman–Crippen MR) is 149 cm³/mol. The van der Waals surface area contributed by atoms with Crippen LogP contribution in [-0.2, 0) is 21.4 Å². The highest BCUT2D eigenvalue weighted by Gasteiger charge is 2.40. The lowest BCUT2D eigenvalue weighted by atomic mass is 10.1. The van der Waals surface area contributed by atoms with Crippen molar-refractivity contribution in [1.29, 1.82) is 0 Å². The third-order valence-corrected chi connectivity index (χ3v) is 8.48. The maximum atomic E-state index is 13.4. The number of aliphatic hydroxyl groups excluding tert-OH is 1. The number of hydrogen-bond donors (Lipinski definition) is 4. The number of hydrogen-bond acceptors (Lipinski definition) is 5. The Balaban J connectivity index is 1.37. The van der Waals surface area contributed by atoms with Gasteiger partial charge in [-0.1, -0.05) is 79.4 Å². The molecule has 10 heteroatoms. The minimum Gasteiger partial charge on any atom is -0.511 e. The molecule has 9 nitrogen and oxygen atoms in total. The highest BCUT2D eigenvalue weighted by atomic mass is 32.2. The van der Waals surface area contributed by atoms with Gasteiger partial charge in [0.2, 0.25) is 15.9 Å². The second-order valence-electron chi connectivity index (χ2n) is 9.27. The number of aliphatic hydroxyl groups is 1. The van der Waals surface area contributed by atoms with E-state index in [4.69, 9.17) is 0 Å². The zero-order valence-electron chi connectivity index (χ0n) is 21.4. The molecular formula is C29H32N4O5S. The number of nitrogens with one attached hydrogen (secondary N) is 3. The standard InChI is InChI=1S/C29H32N4O5S/c1-21(34)26(20-31-29(36)30-19-22-9-4-2-5-10-22)32-28(35)27-13-8-18-33(27)39(37,38)25-16-14-24(15-17-25)23-11-6-3-7-12-23/h2-7,9-12,14-17,26-27,34H,1,8,13,18-20H2,(H,32,35)(H2,30,31,36)/t26-,27-/m0/s1. The van der Waals surface area contributed by atoms with Crippen molar-refractivity contribution in [3.05, 3.63) is 103 Å². The van der Waals surface area contributed by atoms with E-state index < -0.39 is 34.0 Å². The highest BCUT2D eigenvalue weighted by Crippen LogP contribution is 2.28. The van der Waals surface area contributed by atoms with Crippen molar-refractivity contribution in [2.45, 2.75) is 36.4 Å². The van der Waals surface area contributed by atoms with Crippen molar-refractivity contribution < 1.29 is 23.1 Å². The molecule has 0 unspecified atom stereocenters. The van der Waals surface area contributed by atoms with Crippen molar-refractivity contribution in [3.63, 3.8) is 0 Å². The van der Waals surface area contributed by atoms with Gasteiger partial charge in [0.25, 0.3) is 0 Å². The first-order chi connectivity index (χ1) is 18.8. The monoisotopic (exact) mass is 548 g/mol. The van der Waals surface area contributed by atoms with Crippen LogP contribution in [0.3, 0.4) is 0 Å². The summed E-state index contributed by atoms with van der Waals surface area (Å²) in [5.74, 6) is -0.917. The number of benzene rings is 3. The summed E-state index contributed by atoms with van der Waals surface area (Å²) in [6, 6.07) is 23.1. The summed E-state index contributed by atoms with van der Waals surface area (Å²) in [5.41, 5.74) is 2.77. The summed E-state index contributed by atoms with van der Waals surface area (Å²) >= 11 is 0. The Kier molecular flexibility index (Phi) is 9.00. The molecule has 0 saturated carbocycles. The van der Waals surface area contributed by atoms with Gasteiger partial charge in [0.15, 0.2) is 0 Å². The van der Waals surface area contributed by atoms with Crippen molar-refractivity contribution in [2.75, 3.05) is 13.1 Å². The fourth-order valence-corrected chi connectivity index (χ4v) is 6.09. The van der Waals surface area contributed by atoms with Gasteiger partial charge < -0.3 is 21.1 Å². The van der Waals surface area contributed by atoms with Crippen molar-refractivity contribution in [3.8, 4) is 11.1 Å². The lowest BCUT2D eigenvalue weighted by Crippen LogP contribution is -2.52. The Labute approximate surface area is 228 Å². The van der Waals surface area contributed by atoms with Gasteiger partial charge in [0.05, 0.1) is 4.90 Å². The molecule has 1 fully saturated rings. The molecule has 204 valence electrons. The van der Waals surface area contributed by atoms with Gasteiger partial charge in [0, 0.05) is 19.6 Å². The van der Waals surface area contributed by atoms with E-state index in [0.29, 0.717) is 19.4 Å². The molecule has 0 spiro atoms. The summed E-state index contributed by atoms with van der Waals surface area (Å²) in [4.78, 5) is 25.5. The van der Waals surface area contributed by atoms with Crippen LogP contribution in [0.15, 0.2) is 102 Å². The van der Waals surface area contributed by atoms with Crippen LogP contribution in [0.1, 0.15) is 18.4 Å². The molecule has 2 atom stereocenters. The molecule has 4 rings (SSSR count). The molecule has 1 heterocycles. The number of sulfonamides is 1. The molecule has 3 aromatic rings. The van der Waals surface area contributed by atoms with Crippen LogP contribution in [0.4, 0.5) is 4.79 Å². The zero-order valence-corrected chi connectivity index (χ0v) is 22.2. The Morgan fingerprint density at radius 3 is 2.18 bits per heavy atom. The number of nitrogens with zero attached hydrogens (tertiary/aromatic N) is 1. The zero-order chi connectivity index (χ0) is 27.8. The van der Waals surface area contributed by atoms with Gasteiger partial charge in [0.1, 0.15) is 17.8 Å². The maximum Gasteiger partial charge on any atom is 0.315 e. The second kappa shape index (κ2) is 12.6. The van der Waals surface area contributed by atoms with Crippen molar-refractivity contribution >= 4 is 22.0 Å². The first-order valence-electron chi connectivity index (χ1n) is 12.7. The van der Waals surface area contributed by atoms with Crippen LogP contribution >= 0.6 is 0 Å². The average molecular weight is 549 g/mol. The number of carbonyl (C=O) groups is 2. The topological polar surface area (TPSA) is 128 Å². The highest BCUT2D eigenvalue weighted by molar-refractivity contribution is 7.89. The van der Waals surface area contributed by atoms with Crippen LogP contribution < -0.4 is 16.0 Å². The lowest BCUT2D eigenvalue weighted by Gasteiger charge is -2.26. The number of carbonyl (C=O) groups excluding carboxylic acids is 2. The summed E-state index contributed by atoms with van der Waals surface area (Å²) < 4.78 is 28.1. The molecule has 3 aromatic carbocycles. The molecule has 4 N–H and O–H groups in total. The summed E-state index contributed by atoms with van der Waals surface area (Å²) in [7, 11) is -3.94. The Hall–Kier alpha value is -4.15. The molecule has 0 radical (unpaired) electrons. The lowest BCUT2D eigenvalue weighted by molar-refractivity contribution is -0.124. The van der Waals surface area contributed by atoms with Crippen molar-refractivity contribution in [2.24, 2.45) is 0 Å². The van der Waals surface area contributed by atoms with Gasteiger partial charge in [-0.2, -0.15) is 4.31 Å². The quantitative estimate of drug-likeness (QED) is 0.288. The summed E-state index contributed by atoms with van der Waals surface area (Å²) in [5, 5.41) is 18.0. The Morgan fingerprint density at radius 1 is 0.923 bits per heavy atom. The summed E-state index contributed by atoms with van der Waals surface area (Å²) in [6.07, 6.45) is 0.854. The smallest absolute Gasteiger partial charge is 0.315 e. The maximum absolute atomic E-state index is 13.4. The van der Waals surface area contributed by atoms with Gasteiger partial charge in [-0.3, -0.25) is 4.79 Å². The molecular weight excluding hydrogens is 516 g/mol. The Morgan fingerprint density at radius 2 is 1.54 bits per heavy atom. The van der Waals surface area contributed by atoms with E-state index in [1.165, 1.54) is 4.31 Å². The van der Waals surface area contributed by atoms with E-state index >= 15 is 0 Å². The first kappa shape index (κ1) is 27.9. The molecule has 0 aliphatic carbocycles. The molecule has 3 amide bonds. The van der Waals surface area contributed by atoms with Crippen LogP contribution in [0.25, 0.3) is 11.1 Å². The van der Waals surface area contributed by atoms with Crippen molar-refractivity contribution in [1.82, 2.24) is 20.3 Å². The first-order valence-corrected chi connectivity index (χ1v) is 14.1. The molecule has 1 saturated heterocycles. The largest absolute Gasteiger partial charge is 0.511 e. The third kappa shape index (κ3) is 7.04. The average Bonchev–Trinajstić information content (AvgIpc) is 3.46. The normalized spacial score (nSPS) is 16.3. The third-order valence-electron chi connectivity index (χ3n) is 6.56. The van der Waals surface area contributed by atoms with E-state index in [2.05, 4.69) is 22.5 Å².